The summed E-state index contributed by atoms with van der Waals surface area (Å²) in [4.78, 5) is 12.9. The summed E-state index contributed by atoms with van der Waals surface area (Å²) in [7, 11) is -2.13. The molecule has 0 aliphatic carbocycles. The molecule has 3 heteroatoms. The van der Waals surface area contributed by atoms with Gasteiger partial charge < -0.3 is 4.74 Å². The second-order valence-corrected chi connectivity index (χ2v) is 10.0. The van der Waals surface area contributed by atoms with Gasteiger partial charge in [0.15, 0.2) is 6.16 Å². The van der Waals surface area contributed by atoms with E-state index in [1.165, 1.54) is 15.9 Å². The quantitative estimate of drug-likeness (QED) is 0.332. The summed E-state index contributed by atoms with van der Waals surface area (Å²) < 4.78 is 5.59. The number of hydrogen-bond donors (Lipinski definition) is 0. The molecule has 0 aliphatic heterocycles. The van der Waals surface area contributed by atoms with Gasteiger partial charge in [-0.25, -0.2) is 4.79 Å². The van der Waals surface area contributed by atoms with E-state index in [9.17, 15) is 4.79 Å². The molecule has 0 saturated heterocycles. The normalized spacial score (nSPS) is 11.1. The zero-order chi connectivity index (χ0) is 19.0. The van der Waals surface area contributed by atoms with Crippen molar-refractivity contribution < 1.29 is 9.53 Å². The van der Waals surface area contributed by atoms with E-state index in [2.05, 4.69) is 79.7 Å². The predicted octanol–water partition coefficient (Wildman–Crippen LogP) is 4.32. The van der Waals surface area contributed by atoms with E-state index in [-0.39, 0.29) is 5.97 Å². The van der Waals surface area contributed by atoms with Crippen LogP contribution in [-0.2, 0) is 9.53 Å². The molecule has 0 aliphatic rings. The molecule has 0 bridgehead atoms. The van der Waals surface area contributed by atoms with E-state index in [1.807, 2.05) is 18.2 Å². The van der Waals surface area contributed by atoms with Crippen LogP contribution >= 0.6 is 7.26 Å². The molecule has 2 nitrogen and oxygen atoms in total. The lowest BCUT2D eigenvalue weighted by Crippen LogP contribution is -2.36. The molecule has 0 heterocycles. The van der Waals surface area contributed by atoms with Crippen molar-refractivity contribution in [3.05, 3.63) is 91.0 Å². The van der Waals surface area contributed by atoms with E-state index in [1.54, 1.807) is 0 Å². The minimum absolute atomic E-state index is 0.117. The fourth-order valence-electron chi connectivity index (χ4n) is 3.34. The third-order valence-electron chi connectivity index (χ3n) is 4.72. The Kier molecular flexibility index (Phi) is 6.79. The Morgan fingerprint density at radius 1 is 0.741 bits per heavy atom. The van der Waals surface area contributed by atoms with Gasteiger partial charge in [-0.05, 0) is 42.8 Å². The minimum Gasteiger partial charge on any atom is -0.463 e. The van der Waals surface area contributed by atoms with Gasteiger partial charge in [-0.2, -0.15) is 0 Å². The highest BCUT2D eigenvalue weighted by molar-refractivity contribution is 7.96. The lowest BCUT2D eigenvalue weighted by atomic mass is 10.4. The van der Waals surface area contributed by atoms with E-state index in [4.69, 9.17) is 4.74 Å². The zero-order valence-electron chi connectivity index (χ0n) is 15.8. The molecule has 0 spiro atoms. The Morgan fingerprint density at radius 3 is 1.52 bits per heavy atom. The Bertz CT molecular complexity index is 735. The largest absolute Gasteiger partial charge is 0.463 e. The summed E-state index contributed by atoms with van der Waals surface area (Å²) in [5, 5.41) is 3.61. The molecule has 0 fully saturated rings. The number of unbranched alkanes of at least 4 members (excludes halogenated alkanes) is 1. The van der Waals surface area contributed by atoms with Crippen LogP contribution in [0.25, 0.3) is 0 Å². The SMILES string of the molecule is CCCCOC(=O)C[P+](c1ccccc1)(c1ccccc1)c1ccccc1. The fraction of sp³-hybridized carbons (Fsp3) is 0.208. The van der Waals surface area contributed by atoms with Crippen molar-refractivity contribution in [3.8, 4) is 0 Å². The Morgan fingerprint density at radius 2 is 1.15 bits per heavy atom. The summed E-state index contributed by atoms with van der Waals surface area (Å²) in [6.45, 7) is 2.59. The molecule has 0 N–H and O–H groups in total. The Labute approximate surface area is 162 Å². The summed E-state index contributed by atoms with van der Waals surface area (Å²) in [5.41, 5.74) is 0. The molecule has 0 amide bonds. The van der Waals surface area contributed by atoms with Crippen LogP contribution in [0.1, 0.15) is 19.8 Å². The number of rotatable bonds is 8. The number of ether oxygens (including phenoxy) is 1. The first-order valence-corrected chi connectivity index (χ1v) is 11.5. The number of carbonyl (C=O) groups excluding carboxylic acids is 1. The standard InChI is InChI=1S/C24H26O2P/c1-2-3-19-26-24(25)20-27(21-13-7-4-8-14-21,22-15-9-5-10-16-22)23-17-11-6-12-18-23/h4-18H,2-3,19-20H2,1H3/q+1. The summed E-state index contributed by atoms with van der Waals surface area (Å²) in [5.74, 6) is -0.117. The highest BCUT2D eigenvalue weighted by Gasteiger charge is 2.47. The van der Waals surface area contributed by atoms with Gasteiger partial charge in [-0.1, -0.05) is 67.9 Å². The van der Waals surface area contributed by atoms with Crippen LogP contribution < -0.4 is 15.9 Å². The summed E-state index contributed by atoms with van der Waals surface area (Å²) in [6, 6.07) is 31.3. The second-order valence-electron chi connectivity index (χ2n) is 6.55. The molecule has 3 aromatic carbocycles. The third-order valence-corrected chi connectivity index (χ3v) is 8.99. The molecular weight excluding hydrogens is 351 g/mol. The first kappa shape index (κ1) is 19.3. The van der Waals surface area contributed by atoms with Gasteiger partial charge in [-0.3, -0.25) is 0 Å². The van der Waals surface area contributed by atoms with Crippen LogP contribution in [0.15, 0.2) is 91.0 Å². The van der Waals surface area contributed by atoms with Gasteiger partial charge in [0.05, 0.1) is 6.61 Å². The number of hydrogen-bond acceptors (Lipinski definition) is 2. The van der Waals surface area contributed by atoms with Gasteiger partial charge >= 0.3 is 5.97 Å². The summed E-state index contributed by atoms with van der Waals surface area (Å²) >= 11 is 0. The van der Waals surface area contributed by atoms with Crippen LogP contribution in [0.3, 0.4) is 0 Å². The van der Waals surface area contributed by atoms with Crippen molar-refractivity contribution in [1.29, 1.82) is 0 Å². The first-order valence-electron chi connectivity index (χ1n) is 9.48. The van der Waals surface area contributed by atoms with Crippen molar-refractivity contribution >= 4 is 29.1 Å². The molecule has 0 radical (unpaired) electrons. The lowest BCUT2D eigenvalue weighted by Gasteiger charge is -2.26. The first-order chi connectivity index (χ1) is 13.3. The monoisotopic (exact) mass is 377 g/mol. The van der Waals surface area contributed by atoms with Gasteiger partial charge in [0, 0.05) is 0 Å². The van der Waals surface area contributed by atoms with E-state index in [0.717, 1.165) is 12.8 Å². The predicted molar refractivity (Wildman–Crippen MR) is 116 cm³/mol. The molecule has 3 aromatic rings. The van der Waals surface area contributed by atoms with E-state index < -0.39 is 7.26 Å². The molecule has 0 aromatic heterocycles. The van der Waals surface area contributed by atoms with Crippen LogP contribution in [0.5, 0.6) is 0 Å². The average molecular weight is 377 g/mol. The topological polar surface area (TPSA) is 26.3 Å². The van der Waals surface area contributed by atoms with E-state index >= 15 is 0 Å². The van der Waals surface area contributed by atoms with Crippen molar-refractivity contribution in [2.45, 2.75) is 19.8 Å². The van der Waals surface area contributed by atoms with Crippen molar-refractivity contribution in [2.75, 3.05) is 12.8 Å². The van der Waals surface area contributed by atoms with Crippen molar-refractivity contribution in [3.63, 3.8) is 0 Å². The maximum Gasteiger partial charge on any atom is 0.345 e. The number of benzene rings is 3. The third kappa shape index (κ3) is 4.46. The maximum absolute atomic E-state index is 12.9. The maximum atomic E-state index is 12.9. The molecule has 27 heavy (non-hydrogen) atoms. The smallest absolute Gasteiger partial charge is 0.345 e. The molecular formula is C24H26O2P+. The number of carbonyl (C=O) groups is 1. The highest BCUT2D eigenvalue weighted by atomic mass is 31.2. The molecule has 3 rings (SSSR count). The van der Waals surface area contributed by atoms with Gasteiger partial charge in [0.25, 0.3) is 0 Å². The van der Waals surface area contributed by atoms with Crippen LogP contribution in [0.2, 0.25) is 0 Å². The zero-order valence-corrected chi connectivity index (χ0v) is 16.6. The lowest BCUT2D eigenvalue weighted by molar-refractivity contribution is -0.140. The molecule has 0 unspecified atom stereocenters. The van der Waals surface area contributed by atoms with Gasteiger partial charge in [0.1, 0.15) is 23.2 Å². The van der Waals surface area contributed by atoms with Gasteiger partial charge in [0.2, 0.25) is 0 Å². The van der Waals surface area contributed by atoms with Crippen molar-refractivity contribution in [2.24, 2.45) is 0 Å². The fourth-order valence-corrected chi connectivity index (χ4v) is 7.30. The minimum atomic E-state index is -2.13. The van der Waals surface area contributed by atoms with Gasteiger partial charge in [-0.15, -0.1) is 0 Å². The average Bonchev–Trinajstić information content (AvgIpc) is 2.74. The second kappa shape index (κ2) is 9.48. The van der Waals surface area contributed by atoms with E-state index in [0.29, 0.717) is 12.8 Å². The Balaban J connectivity index is 2.12. The van der Waals surface area contributed by atoms with Crippen LogP contribution in [0, 0.1) is 0 Å². The molecule has 0 atom stereocenters. The molecule has 0 saturated carbocycles. The highest BCUT2D eigenvalue weighted by Crippen LogP contribution is 2.55. The Hall–Kier alpha value is -2.44. The number of esters is 1. The van der Waals surface area contributed by atoms with Crippen molar-refractivity contribution in [1.82, 2.24) is 0 Å². The van der Waals surface area contributed by atoms with Crippen LogP contribution in [0.4, 0.5) is 0 Å². The van der Waals surface area contributed by atoms with Crippen LogP contribution in [-0.4, -0.2) is 18.7 Å². The summed E-state index contributed by atoms with van der Waals surface area (Å²) in [6.07, 6.45) is 2.30. The molecule has 138 valence electrons.